The van der Waals surface area contributed by atoms with E-state index in [0.717, 1.165) is 5.56 Å². The van der Waals surface area contributed by atoms with Gasteiger partial charge < -0.3 is 15.1 Å². The molecular weight excluding hydrogens is 318 g/mol. The number of carbonyl (C=O) groups excluding carboxylic acids is 1. The van der Waals surface area contributed by atoms with Gasteiger partial charge >= 0.3 is 0 Å². The molecule has 1 aromatic carbocycles. The van der Waals surface area contributed by atoms with Crippen LogP contribution in [0, 0.1) is 0 Å². The maximum Gasteiger partial charge on any atom is 0.261 e. The predicted molar refractivity (Wildman–Crippen MR) is 84.7 cm³/mol. The lowest BCUT2D eigenvalue weighted by molar-refractivity contribution is 0.0988. The minimum atomic E-state index is -3.56. The molecule has 0 fully saturated rings. The van der Waals surface area contributed by atoms with Gasteiger partial charge in [-0.15, -0.1) is 0 Å². The Morgan fingerprint density at radius 3 is 2.83 bits per heavy atom. The van der Waals surface area contributed by atoms with Crippen LogP contribution in [0.5, 0.6) is 0 Å². The van der Waals surface area contributed by atoms with Crippen molar-refractivity contribution in [2.75, 3.05) is 18.5 Å². The predicted octanol–water partition coefficient (Wildman–Crippen LogP) is 0.849. The maximum atomic E-state index is 12.6. The maximum absolute atomic E-state index is 12.6. The molecule has 3 N–H and O–H groups in total. The number of hydrogen-bond donors (Lipinski definition) is 2. The van der Waals surface area contributed by atoms with Gasteiger partial charge in [-0.05, 0) is 37.2 Å². The van der Waals surface area contributed by atoms with Crippen molar-refractivity contribution in [3.63, 3.8) is 0 Å². The number of rotatable bonds is 4. The zero-order valence-corrected chi connectivity index (χ0v) is 13.4. The number of carbonyl (C=O) groups is 1. The van der Waals surface area contributed by atoms with E-state index >= 15 is 0 Å². The van der Waals surface area contributed by atoms with Crippen LogP contribution >= 0.6 is 0 Å². The van der Waals surface area contributed by atoms with Crippen molar-refractivity contribution >= 4 is 21.6 Å². The van der Waals surface area contributed by atoms with Crippen molar-refractivity contribution in [1.82, 2.24) is 4.72 Å². The summed E-state index contributed by atoms with van der Waals surface area (Å²) in [6.45, 7) is 0.717. The van der Waals surface area contributed by atoms with E-state index in [0.29, 0.717) is 30.0 Å². The van der Waals surface area contributed by atoms with Gasteiger partial charge in [0.25, 0.3) is 5.91 Å². The number of benzene rings is 1. The minimum Gasteiger partial charge on any atom is -0.467 e. The summed E-state index contributed by atoms with van der Waals surface area (Å²) in [4.78, 5) is 14.3. The van der Waals surface area contributed by atoms with Crippen LogP contribution in [0.15, 0.2) is 39.8 Å². The van der Waals surface area contributed by atoms with Crippen LogP contribution < -0.4 is 15.4 Å². The van der Waals surface area contributed by atoms with E-state index in [1.807, 2.05) is 0 Å². The van der Waals surface area contributed by atoms with Crippen molar-refractivity contribution in [1.29, 1.82) is 0 Å². The number of sulfonamides is 1. The topological polar surface area (TPSA) is 106 Å². The molecule has 3 rings (SSSR count). The molecule has 0 aliphatic carbocycles. The number of nitrogens with one attached hydrogen (secondary N) is 1. The van der Waals surface area contributed by atoms with Gasteiger partial charge in [0.05, 0.1) is 17.0 Å². The molecule has 2 heterocycles. The Labute approximate surface area is 134 Å². The third-order valence-corrected chi connectivity index (χ3v) is 5.29. The molecule has 23 heavy (non-hydrogen) atoms. The van der Waals surface area contributed by atoms with Crippen LogP contribution in [0.25, 0.3) is 0 Å². The number of hydrogen-bond acceptors (Lipinski definition) is 5. The number of fused-ring (bicyclic) bond motifs is 1. The lowest BCUT2D eigenvalue weighted by Gasteiger charge is -2.17. The van der Waals surface area contributed by atoms with E-state index < -0.39 is 10.0 Å². The average molecular weight is 335 g/mol. The van der Waals surface area contributed by atoms with Crippen LogP contribution in [0.4, 0.5) is 5.69 Å². The molecule has 1 aromatic heterocycles. The number of amides is 1. The first-order valence-electron chi connectivity index (χ1n) is 7.12. The van der Waals surface area contributed by atoms with Gasteiger partial charge in [-0.3, -0.25) is 4.79 Å². The van der Waals surface area contributed by atoms with Gasteiger partial charge in [0.15, 0.2) is 0 Å². The van der Waals surface area contributed by atoms with Gasteiger partial charge in [0.1, 0.15) is 12.0 Å². The Balaban J connectivity index is 1.97. The summed E-state index contributed by atoms with van der Waals surface area (Å²) in [5, 5.41) is 0. The molecule has 8 heteroatoms. The van der Waals surface area contributed by atoms with Crippen LogP contribution in [-0.4, -0.2) is 27.9 Å². The van der Waals surface area contributed by atoms with Crippen molar-refractivity contribution in [2.45, 2.75) is 17.9 Å². The van der Waals surface area contributed by atoms with Gasteiger partial charge in [-0.25, -0.2) is 13.1 Å². The van der Waals surface area contributed by atoms with Gasteiger partial charge in [0.2, 0.25) is 10.0 Å². The normalized spacial score (nSPS) is 14.1. The highest BCUT2D eigenvalue weighted by Gasteiger charge is 2.28. The van der Waals surface area contributed by atoms with Crippen molar-refractivity contribution < 1.29 is 17.6 Å². The van der Waals surface area contributed by atoms with E-state index in [9.17, 15) is 13.2 Å². The Kier molecular flexibility index (Phi) is 3.97. The standard InChI is InChI=1S/C15H17N3O4S/c1-17-23(20,21)13-3-2-10-4-5-18(14(10)7-13)15(19)11-6-12(8-16)22-9-11/h2-3,6-7,9,17H,4-5,8,16H2,1H3. The number of nitrogens with zero attached hydrogens (tertiary/aromatic N) is 1. The Morgan fingerprint density at radius 2 is 2.17 bits per heavy atom. The molecule has 1 amide bonds. The number of anilines is 1. The van der Waals surface area contributed by atoms with E-state index in [-0.39, 0.29) is 17.3 Å². The van der Waals surface area contributed by atoms with E-state index in [4.69, 9.17) is 10.2 Å². The molecule has 1 aliphatic rings. The zero-order chi connectivity index (χ0) is 16.6. The highest BCUT2D eigenvalue weighted by molar-refractivity contribution is 7.89. The van der Waals surface area contributed by atoms with Crippen LogP contribution in [0.2, 0.25) is 0 Å². The quantitative estimate of drug-likeness (QED) is 0.861. The fraction of sp³-hybridized carbons (Fsp3) is 0.267. The first kappa shape index (κ1) is 15.7. The summed E-state index contributed by atoms with van der Waals surface area (Å²) in [6.07, 6.45) is 2.05. The molecule has 0 bridgehead atoms. The first-order chi connectivity index (χ1) is 11.0. The first-order valence-corrected chi connectivity index (χ1v) is 8.60. The highest BCUT2D eigenvalue weighted by Crippen LogP contribution is 2.31. The lowest BCUT2D eigenvalue weighted by atomic mass is 10.2. The van der Waals surface area contributed by atoms with Crippen LogP contribution in [0.1, 0.15) is 21.7 Å². The highest BCUT2D eigenvalue weighted by atomic mass is 32.2. The minimum absolute atomic E-state index is 0.133. The van der Waals surface area contributed by atoms with Crippen molar-refractivity contribution in [3.05, 3.63) is 47.4 Å². The number of nitrogens with two attached hydrogens (primary N) is 1. The molecule has 7 nitrogen and oxygen atoms in total. The zero-order valence-electron chi connectivity index (χ0n) is 12.6. The summed E-state index contributed by atoms with van der Waals surface area (Å²) in [5.74, 6) is 0.297. The second kappa shape index (κ2) is 5.80. The van der Waals surface area contributed by atoms with Crippen molar-refractivity contribution in [2.24, 2.45) is 5.73 Å². The third-order valence-electron chi connectivity index (χ3n) is 3.88. The summed E-state index contributed by atoms with van der Waals surface area (Å²) in [7, 11) is -2.20. The van der Waals surface area contributed by atoms with Crippen LogP contribution in [-0.2, 0) is 23.0 Å². The second-order valence-corrected chi connectivity index (χ2v) is 7.10. The summed E-state index contributed by atoms with van der Waals surface area (Å²) < 4.78 is 31.4. The summed E-state index contributed by atoms with van der Waals surface area (Å²) >= 11 is 0. The smallest absolute Gasteiger partial charge is 0.261 e. The fourth-order valence-corrected chi connectivity index (χ4v) is 3.36. The van der Waals surface area contributed by atoms with E-state index in [2.05, 4.69) is 4.72 Å². The third kappa shape index (κ3) is 2.76. The summed E-state index contributed by atoms with van der Waals surface area (Å²) in [6, 6.07) is 6.42. The molecule has 0 radical (unpaired) electrons. The molecule has 1 aliphatic heterocycles. The molecule has 0 saturated heterocycles. The second-order valence-electron chi connectivity index (χ2n) is 5.21. The number of furan rings is 1. The van der Waals surface area contributed by atoms with Gasteiger partial charge in [-0.1, -0.05) is 6.07 Å². The molecule has 122 valence electrons. The Morgan fingerprint density at radius 1 is 1.39 bits per heavy atom. The molecular formula is C15H17N3O4S. The summed E-state index contributed by atoms with van der Waals surface area (Å²) in [5.41, 5.74) is 7.44. The molecule has 0 unspecified atom stereocenters. The van der Waals surface area contributed by atoms with Crippen LogP contribution in [0.3, 0.4) is 0 Å². The fourth-order valence-electron chi connectivity index (χ4n) is 2.61. The molecule has 2 aromatic rings. The molecule has 0 saturated carbocycles. The molecule has 0 spiro atoms. The average Bonchev–Trinajstić information content (AvgIpc) is 3.20. The van der Waals surface area contributed by atoms with Gasteiger partial charge in [0, 0.05) is 12.2 Å². The monoisotopic (exact) mass is 335 g/mol. The lowest BCUT2D eigenvalue weighted by Crippen LogP contribution is -2.28. The van der Waals surface area contributed by atoms with Gasteiger partial charge in [-0.2, -0.15) is 0 Å². The van der Waals surface area contributed by atoms with E-state index in [1.54, 1.807) is 23.1 Å². The van der Waals surface area contributed by atoms with Crippen molar-refractivity contribution in [3.8, 4) is 0 Å². The van der Waals surface area contributed by atoms with E-state index in [1.165, 1.54) is 19.4 Å². The Bertz CT molecular complexity index is 857. The Hall–Kier alpha value is -2.16. The largest absolute Gasteiger partial charge is 0.467 e. The SMILES string of the molecule is CNS(=O)(=O)c1ccc2c(c1)N(C(=O)c1coc(CN)c1)CC2. The molecule has 0 atom stereocenters.